The molecule has 0 heterocycles. The quantitative estimate of drug-likeness (QED) is 0.669. The molecule has 2 rings (SSSR count). The second-order valence-electron chi connectivity index (χ2n) is 4.29. The average Bonchev–Trinajstić information content (AvgIpc) is 2.46. The number of carboxylic acid groups (broad SMARTS) is 1. The minimum Gasteiger partial charge on any atom is -0.507 e. The Morgan fingerprint density at radius 2 is 1.71 bits per heavy atom. The van der Waals surface area contributed by atoms with E-state index in [-0.39, 0.29) is 22.7 Å². The van der Waals surface area contributed by atoms with Crippen molar-refractivity contribution in [3.63, 3.8) is 0 Å². The van der Waals surface area contributed by atoms with Gasteiger partial charge in [0.2, 0.25) is 0 Å². The van der Waals surface area contributed by atoms with Crippen LogP contribution in [0.4, 0.5) is 4.39 Å². The Labute approximate surface area is 119 Å². The molecule has 106 valence electrons. The molecule has 5 heteroatoms. The topological polar surface area (TPSA) is 74.6 Å². The number of benzene rings is 2. The summed E-state index contributed by atoms with van der Waals surface area (Å²) < 4.78 is 12.7. The summed E-state index contributed by atoms with van der Waals surface area (Å²) in [4.78, 5) is 22.8. The van der Waals surface area contributed by atoms with Crippen molar-refractivity contribution in [3.05, 3.63) is 71.0 Å². The lowest BCUT2D eigenvalue weighted by Gasteiger charge is -2.02. The maximum absolute atomic E-state index is 12.7. The van der Waals surface area contributed by atoms with E-state index in [1.165, 1.54) is 42.5 Å². The zero-order valence-corrected chi connectivity index (χ0v) is 10.8. The fourth-order valence-electron chi connectivity index (χ4n) is 1.70. The number of carbonyl (C=O) groups excluding carboxylic acids is 1. The minimum atomic E-state index is -1.19. The van der Waals surface area contributed by atoms with Crippen LogP contribution in [0.25, 0.3) is 6.08 Å². The summed E-state index contributed by atoms with van der Waals surface area (Å²) in [6, 6.07) is 8.97. The molecule has 0 unspecified atom stereocenters. The first-order chi connectivity index (χ1) is 9.97. The SMILES string of the molecule is O=C(O)c1ccc(O)c(C(=O)/C=C/c2ccc(F)cc2)c1. The van der Waals surface area contributed by atoms with Crippen LogP contribution in [0.1, 0.15) is 26.3 Å². The zero-order chi connectivity index (χ0) is 15.4. The molecule has 0 saturated carbocycles. The third-order valence-corrected chi connectivity index (χ3v) is 2.81. The molecule has 2 aromatic rings. The van der Waals surface area contributed by atoms with E-state index >= 15 is 0 Å². The number of aromatic hydroxyl groups is 1. The van der Waals surface area contributed by atoms with Crippen LogP contribution >= 0.6 is 0 Å². The number of allylic oxidation sites excluding steroid dienone is 1. The van der Waals surface area contributed by atoms with Crippen molar-refractivity contribution >= 4 is 17.8 Å². The van der Waals surface area contributed by atoms with E-state index in [1.54, 1.807) is 0 Å². The van der Waals surface area contributed by atoms with E-state index in [4.69, 9.17) is 5.11 Å². The molecule has 0 aliphatic rings. The van der Waals surface area contributed by atoms with Crippen molar-refractivity contribution in [1.29, 1.82) is 0 Å². The standard InChI is InChI=1S/C16H11FO4/c17-12-5-1-10(2-6-12)3-7-14(18)13-9-11(16(20)21)4-8-15(13)19/h1-9,19H,(H,20,21)/b7-3+. The maximum atomic E-state index is 12.7. The molecule has 0 atom stereocenters. The Hall–Kier alpha value is -2.95. The van der Waals surface area contributed by atoms with Crippen molar-refractivity contribution in [2.24, 2.45) is 0 Å². The first-order valence-electron chi connectivity index (χ1n) is 6.01. The van der Waals surface area contributed by atoms with Gasteiger partial charge in [0.1, 0.15) is 11.6 Å². The van der Waals surface area contributed by atoms with Crippen molar-refractivity contribution in [2.45, 2.75) is 0 Å². The lowest BCUT2D eigenvalue weighted by atomic mass is 10.0. The van der Waals surface area contributed by atoms with Crippen LogP contribution in [-0.2, 0) is 0 Å². The van der Waals surface area contributed by atoms with E-state index < -0.39 is 11.8 Å². The Morgan fingerprint density at radius 3 is 2.33 bits per heavy atom. The molecular weight excluding hydrogens is 275 g/mol. The molecule has 0 radical (unpaired) electrons. The number of halogens is 1. The monoisotopic (exact) mass is 286 g/mol. The Kier molecular flexibility index (Phi) is 4.13. The van der Waals surface area contributed by atoms with Crippen LogP contribution in [0.2, 0.25) is 0 Å². The Balaban J connectivity index is 2.25. The third-order valence-electron chi connectivity index (χ3n) is 2.81. The lowest BCUT2D eigenvalue weighted by molar-refractivity contribution is 0.0697. The molecule has 21 heavy (non-hydrogen) atoms. The lowest BCUT2D eigenvalue weighted by Crippen LogP contribution is -2.01. The molecule has 0 aliphatic carbocycles. The molecule has 2 N–H and O–H groups in total. The van der Waals surface area contributed by atoms with Gasteiger partial charge in [0.25, 0.3) is 0 Å². The molecule has 0 bridgehead atoms. The van der Waals surface area contributed by atoms with Crippen LogP contribution in [0, 0.1) is 5.82 Å². The number of rotatable bonds is 4. The molecule has 2 aromatic carbocycles. The van der Waals surface area contributed by atoms with Gasteiger partial charge in [-0.2, -0.15) is 0 Å². The van der Waals surface area contributed by atoms with Gasteiger partial charge in [0.15, 0.2) is 5.78 Å². The van der Waals surface area contributed by atoms with Crippen molar-refractivity contribution in [1.82, 2.24) is 0 Å². The van der Waals surface area contributed by atoms with Gasteiger partial charge in [-0.3, -0.25) is 4.79 Å². The van der Waals surface area contributed by atoms with Gasteiger partial charge in [-0.1, -0.05) is 18.2 Å². The molecule has 4 nitrogen and oxygen atoms in total. The maximum Gasteiger partial charge on any atom is 0.335 e. The number of phenols is 1. The predicted octanol–water partition coefficient (Wildman–Crippen LogP) is 3.13. The summed E-state index contributed by atoms with van der Waals surface area (Å²) in [5.41, 5.74) is 0.415. The number of hydrogen-bond donors (Lipinski definition) is 2. The van der Waals surface area contributed by atoms with Crippen LogP contribution in [0.5, 0.6) is 5.75 Å². The van der Waals surface area contributed by atoms with Gasteiger partial charge in [-0.15, -0.1) is 0 Å². The number of hydrogen-bond acceptors (Lipinski definition) is 3. The molecule has 0 aliphatic heterocycles. The van der Waals surface area contributed by atoms with Gasteiger partial charge >= 0.3 is 5.97 Å². The third kappa shape index (κ3) is 3.54. The molecule has 0 saturated heterocycles. The number of aromatic carboxylic acids is 1. The van der Waals surface area contributed by atoms with Crippen LogP contribution in [-0.4, -0.2) is 22.0 Å². The van der Waals surface area contributed by atoms with Gasteiger partial charge < -0.3 is 10.2 Å². The van der Waals surface area contributed by atoms with Crippen molar-refractivity contribution < 1.29 is 24.2 Å². The number of ketones is 1. The van der Waals surface area contributed by atoms with Crippen molar-refractivity contribution in [2.75, 3.05) is 0 Å². The summed E-state index contributed by atoms with van der Waals surface area (Å²) in [6.45, 7) is 0. The first kappa shape index (κ1) is 14.5. The number of carboxylic acids is 1. The van der Waals surface area contributed by atoms with E-state index in [2.05, 4.69) is 0 Å². The van der Waals surface area contributed by atoms with Gasteiger partial charge in [0, 0.05) is 0 Å². The van der Waals surface area contributed by atoms with Crippen LogP contribution in [0.15, 0.2) is 48.5 Å². The Bertz CT molecular complexity index is 718. The molecule has 0 aromatic heterocycles. The smallest absolute Gasteiger partial charge is 0.335 e. The van der Waals surface area contributed by atoms with Gasteiger partial charge in [0.05, 0.1) is 11.1 Å². The predicted molar refractivity (Wildman–Crippen MR) is 74.8 cm³/mol. The van der Waals surface area contributed by atoms with E-state index in [0.29, 0.717) is 5.56 Å². The molecular formula is C16H11FO4. The largest absolute Gasteiger partial charge is 0.507 e. The van der Waals surface area contributed by atoms with E-state index in [9.17, 15) is 19.1 Å². The summed E-state index contributed by atoms with van der Waals surface area (Å²) in [5, 5.41) is 18.5. The molecule has 0 spiro atoms. The fourth-order valence-corrected chi connectivity index (χ4v) is 1.70. The highest BCUT2D eigenvalue weighted by atomic mass is 19.1. The summed E-state index contributed by atoms with van der Waals surface area (Å²) >= 11 is 0. The van der Waals surface area contributed by atoms with Gasteiger partial charge in [-0.05, 0) is 42.0 Å². The number of phenolic OH excluding ortho intramolecular Hbond substituents is 1. The van der Waals surface area contributed by atoms with Gasteiger partial charge in [-0.25, -0.2) is 9.18 Å². The minimum absolute atomic E-state index is 0.0914. The van der Waals surface area contributed by atoms with E-state index in [0.717, 1.165) is 12.1 Å². The number of carbonyl (C=O) groups is 2. The van der Waals surface area contributed by atoms with Crippen LogP contribution < -0.4 is 0 Å². The molecule has 0 amide bonds. The normalized spacial score (nSPS) is 10.7. The molecule has 0 fully saturated rings. The van der Waals surface area contributed by atoms with Crippen molar-refractivity contribution in [3.8, 4) is 5.75 Å². The highest BCUT2D eigenvalue weighted by Crippen LogP contribution is 2.20. The fraction of sp³-hybridized carbons (Fsp3) is 0. The highest BCUT2D eigenvalue weighted by molar-refractivity contribution is 6.09. The second-order valence-corrected chi connectivity index (χ2v) is 4.29. The van der Waals surface area contributed by atoms with E-state index in [1.807, 2.05) is 0 Å². The summed E-state index contributed by atoms with van der Waals surface area (Å²) in [6.07, 6.45) is 2.64. The average molecular weight is 286 g/mol. The highest BCUT2D eigenvalue weighted by Gasteiger charge is 2.12. The summed E-state index contributed by atoms with van der Waals surface area (Å²) in [5.74, 6) is -2.41. The second kappa shape index (κ2) is 6.00. The summed E-state index contributed by atoms with van der Waals surface area (Å²) in [7, 11) is 0. The Morgan fingerprint density at radius 1 is 1.05 bits per heavy atom. The first-order valence-corrected chi connectivity index (χ1v) is 6.01. The van der Waals surface area contributed by atoms with Crippen LogP contribution in [0.3, 0.4) is 0 Å². The zero-order valence-electron chi connectivity index (χ0n) is 10.8.